The summed E-state index contributed by atoms with van der Waals surface area (Å²) in [4.78, 5) is 12.5. The maximum absolute atomic E-state index is 13.1. The molecule has 0 spiro atoms. The van der Waals surface area contributed by atoms with Crippen LogP contribution in [-0.4, -0.2) is 24.0 Å². The van der Waals surface area contributed by atoms with Crippen molar-refractivity contribution in [1.82, 2.24) is 5.12 Å². The fourth-order valence-corrected chi connectivity index (χ4v) is 3.55. The standard InChI is InChI=1S/C15H15BrFNO/c1-9-13-8-11(16)2-3-12(13)15(19)14(9)10-4-6-18(17)7-5-10/h2-3,8,10,14H,1,4-7H2. The molecule has 1 fully saturated rings. The van der Waals surface area contributed by atoms with Crippen LogP contribution in [0, 0.1) is 11.8 Å². The zero-order valence-electron chi connectivity index (χ0n) is 10.5. The molecule has 1 aliphatic heterocycles. The molecule has 0 amide bonds. The van der Waals surface area contributed by atoms with Gasteiger partial charge in [-0.15, -0.1) is 9.60 Å². The first-order chi connectivity index (χ1) is 9.08. The second-order valence-corrected chi connectivity index (χ2v) is 6.22. The van der Waals surface area contributed by atoms with Gasteiger partial charge in [0.05, 0.1) is 5.92 Å². The zero-order valence-corrected chi connectivity index (χ0v) is 12.1. The predicted octanol–water partition coefficient (Wildman–Crippen LogP) is 3.87. The van der Waals surface area contributed by atoms with Gasteiger partial charge >= 0.3 is 0 Å². The number of hydrogen-bond acceptors (Lipinski definition) is 2. The number of ketones is 1. The fourth-order valence-electron chi connectivity index (χ4n) is 3.19. The minimum absolute atomic E-state index is 0.155. The third-order valence-corrected chi connectivity index (χ3v) is 4.70. The van der Waals surface area contributed by atoms with E-state index in [1.165, 1.54) is 0 Å². The van der Waals surface area contributed by atoms with Gasteiger partial charge in [0.15, 0.2) is 5.78 Å². The van der Waals surface area contributed by atoms with Crippen LogP contribution in [-0.2, 0) is 0 Å². The number of nitrogens with zero attached hydrogens (tertiary/aromatic N) is 1. The van der Waals surface area contributed by atoms with E-state index in [4.69, 9.17) is 0 Å². The summed E-state index contributed by atoms with van der Waals surface area (Å²) >= 11 is 3.43. The van der Waals surface area contributed by atoms with Gasteiger partial charge in [-0.2, -0.15) is 0 Å². The Hall–Kier alpha value is -1.00. The Morgan fingerprint density at radius 2 is 1.95 bits per heavy atom. The molecule has 0 aromatic heterocycles. The molecule has 2 aliphatic rings. The van der Waals surface area contributed by atoms with Crippen LogP contribution in [0.25, 0.3) is 5.57 Å². The average Bonchev–Trinajstić information content (AvgIpc) is 2.63. The van der Waals surface area contributed by atoms with Crippen LogP contribution in [0.15, 0.2) is 29.3 Å². The van der Waals surface area contributed by atoms with Crippen molar-refractivity contribution in [3.8, 4) is 0 Å². The Morgan fingerprint density at radius 1 is 1.26 bits per heavy atom. The van der Waals surface area contributed by atoms with Crippen molar-refractivity contribution < 1.29 is 9.28 Å². The molecule has 1 aromatic rings. The van der Waals surface area contributed by atoms with E-state index in [0.29, 0.717) is 13.1 Å². The Labute approximate surface area is 120 Å². The average molecular weight is 324 g/mol. The maximum Gasteiger partial charge on any atom is 0.171 e. The molecule has 1 saturated heterocycles. The summed E-state index contributed by atoms with van der Waals surface area (Å²) in [7, 11) is 0. The second kappa shape index (κ2) is 4.84. The van der Waals surface area contributed by atoms with Crippen molar-refractivity contribution in [2.75, 3.05) is 13.1 Å². The van der Waals surface area contributed by atoms with E-state index in [0.717, 1.165) is 39.1 Å². The molecule has 2 nitrogen and oxygen atoms in total. The molecule has 0 N–H and O–H groups in total. The molecule has 4 heteroatoms. The molecule has 0 radical (unpaired) electrons. The Morgan fingerprint density at radius 3 is 2.63 bits per heavy atom. The van der Waals surface area contributed by atoms with Gasteiger partial charge in [-0.3, -0.25) is 4.79 Å². The predicted molar refractivity (Wildman–Crippen MR) is 76.4 cm³/mol. The molecule has 1 unspecified atom stereocenters. The summed E-state index contributed by atoms with van der Waals surface area (Å²) in [6, 6.07) is 5.70. The lowest BCUT2D eigenvalue weighted by Crippen LogP contribution is -2.32. The largest absolute Gasteiger partial charge is 0.293 e. The molecular formula is C15H15BrFNO. The molecular weight excluding hydrogens is 309 g/mol. The minimum atomic E-state index is -0.155. The topological polar surface area (TPSA) is 20.3 Å². The number of carbonyl (C=O) groups excluding carboxylic acids is 1. The number of benzene rings is 1. The molecule has 3 rings (SSSR count). The normalized spacial score (nSPS) is 24.8. The lowest BCUT2D eigenvalue weighted by molar-refractivity contribution is -0.0125. The molecule has 0 saturated carbocycles. The van der Waals surface area contributed by atoms with Crippen LogP contribution < -0.4 is 0 Å². The number of hydrogen-bond donors (Lipinski definition) is 0. The van der Waals surface area contributed by atoms with Crippen molar-refractivity contribution in [2.24, 2.45) is 11.8 Å². The highest BCUT2D eigenvalue weighted by atomic mass is 79.9. The van der Waals surface area contributed by atoms with Gasteiger partial charge in [-0.05, 0) is 48.1 Å². The van der Waals surface area contributed by atoms with Gasteiger partial charge in [0.25, 0.3) is 0 Å². The van der Waals surface area contributed by atoms with E-state index in [2.05, 4.69) is 22.5 Å². The SMILES string of the molecule is C=C1c2cc(Br)ccc2C(=O)C1C1CCN(F)CC1. The molecule has 100 valence electrons. The van der Waals surface area contributed by atoms with E-state index >= 15 is 0 Å². The Kier molecular flexibility index (Phi) is 3.31. The van der Waals surface area contributed by atoms with Crippen LogP contribution in [0.4, 0.5) is 4.48 Å². The van der Waals surface area contributed by atoms with Gasteiger partial charge in [0, 0.05) is 23.1 Å². The number of carbonyl (C=O) groups is 1. The van der Waals surface area contributed by atoms with E-state index in [9.17, 15) is 9.28 Å². The molecule has 1 aliphatic carbocycles. The monoisotopic (exact) mass is 323 g/mol. The summed E-state index contributed by atoms with van der Waals surface area (Å²) in [6.45, 7) is 4.95. The van der Waals surface area contributed by atoms with Crippen LogP contribution in [0.1, 0.15) is 28.8 Å². The summed E-state index contributed by atoms with van der Waals surface area (Å²) in [5, 5.41) is 0.836. The highest BCUT2D eigenvalue weighted by Crippen LogP contribution is 2.43. The van der Waals surface area contributed by atoms with E-state index < -0.39 is 0 Å². The van der Waals surface area contributed by atoms with Gasteiger partial charge in [0.1, 0.15) is 0 Å². The molecule has 1 atom stereocenters. The van der Waals surface area contributed by atoms with Gasteiger partial charge in [-0.25, -0.2) is 0 Å². The molecule has 0 bridgehead atoms. The summed E-state index contributed by atoms with van der Waals surface area (Å²) in [5.74, 6) is 0.223. The van der Waals surface area contributed by atoms with Crippen molar-refractivity contribution in [2.45, 2.75) is 12.8 Å². The lowest BCUT2D eigenvalue weighted by atomic mass is 9.80. The highest BCUT2D eigenvalue weighted by molar-refractivity contribution is 9.10. The quantitative estimate of drug-likeness (QED) is 0.731. The Bertz CT molecular complexity index is 549. The minimum Gasteiger partial charge on any atom is -0.293 e. The number of rotatable bonds is 1. The van der Waals surface area contributed by atoms with E-state index in [1.54, 1.807) is 0 Å². The fraction of sp³-hybridized carbons (Fsp3) is 0.400. The first-order valence-corrected chi connectivity index (χ1v) is 7.31. The van der Waals surface area contributed by atoms with Gasteiger partial charge < -0.3 is 0 Å². The summed E-state index contributed by atoms with van der Waals surface area (Å²) in [6.07, 6.45) is 1.45. The van der Waals surface area contributed by atoms with Crippen molar-refractivity contribution in [3.05, 3.63) is 40.4 Å². The first-order valence-electron chi connectivity index (χ1n) is 6.51. The summed E-state index contributed by atoms with van der Waals surface area (Å²) < 4.78 is 14.0. The lowest BCUT2D eigenvalue weighted by Gasteiger charge is -2.29. The molecule has 19 heavy (non-hydrogen) atoms. The van der Waals surface area contributed by atoms with Crippen LogP contribution in [0.3, 0.4) is 0 Å². The summed E-state index contributed by atoms with van der Waals surface area (Å²) in [5.41, 5.74) is 2.62. The second-order valence-electron chi connectivity index (χ2n) is 5.30. The van der Waals surface area contributed by atoms with Crippen LogP contribution >= 0.6 is 15.9 Å². The van der Waals surface area contributed by atoms with Crippen molar-refractivity contribution in [1.29, 1.82) is 0 Å². The molecule has 1 aromatic carbocycles. The van der Waals surface area contributed by atoms with Crippen LogP contribution in [0.2, 0.25) is 0 Å². The zero-order chi connectivity index (χ0) is 13.6. The van der Waals surface area contributed by atoms with Crippen molar-refractivity contribution in [3.63, 3.8) is 0 Å². The number of allylic oxidation sites excluding steroid dienone is 1. The first kappa shape index (κ1) is 13.0. The van der Waals surface area contributed by atoms with E-state index in [-0.39, 0.29) is 17.6 Å². The number of piperidine rings is 1. The van der Waals surface area contributed by atoms with E-state index in [1.807, 2.05) is 18.2 Å². The Balaban J connectivity index is 1.90. The molecule has 1 heterocycles. The van der Waals surface area contributed by atoms with Gasteiger partial charge in [-0.1, -0.05) is 22.5 Å². The van der Waals surface area contributed by atoms with Crippen LogP contribution in [0.5, 0.6) is 0 Å². The smallest absolute Gasteiger partial charge is 0.171 e. The highest BCUT2D eigenvalue weighted by Gasteiger charge is 2.40. The number of fused-ring (bicyclic) bond motifs is 1. The van der Waals surface area contributed by atoms with Crippen molar-refractivity contribution >= 4 is 27.3 Å². The van der Waals surface area contributed by atoms with Gasteiger partial charge in [0.2, 0.25) is 0 Å². The third-order valence-electron chi connectivity index (χ3n) is 4.21. The number of halogens is 2. The maximum atomic E-state index is 13.1. The number of Topliss-reactive ketones (excluding diaryl/α,β-unsaturated/α-hetero) is 1. The third kappa shape index (κ3) is 2.17.